The van der Waals surface area contributed by atoms with Crippen LogP contribution in [0.5, 0.6) is 11.5 Å². The molecule has 0 heterocycles. The van der Waals surface area contributed by atoms with Crippen molar-refractivity contribution in [1.82, 2.24) is 0 Å². The topological polar surface area (TPSA) is 59.0 Å². The first-order chi connectivity index (χ1) is 10.2. The lowest BCUT2D eigenvalue weighted by molar-refractivity contribution is 0.490. The predicted molar refractivity (Wildman–Crippen MR) is 87.3 cm³/mol. The normalized spacial score (nSPS) is 10.3. The summed E-state index contributed by atoms with van der Waals surface area (Å²) < 4.78 is 6.82. The second kappa shape index (κ2) is 5.47. The van der Waals surface area contributed by atoms with Gasteiger partial charge in [0.2, 0.25) is 0 Å². The molecule has 0 atom stereocenters. The van der Waals surface area contributed by atoms with Crippen molar-refractivity contribution in [2.75, 3.05) is 5.73 Å². The Balaban J connectivity index is 2.12. The zero-order valence-corrected chi connectivity index (χ0v) is 12.6. The van der Waals surface area contributed by atoms with Gasteiger partial charge in [0.25, 0.3) is 0 Å². The quantitative estimate of drug-likeness (QED) is 0.679. The van der Waals surface area contributed by atoms with Gasteiger partial charge in [-0.05, 0) is 30.3 Å². The molecule has 3 aromatic rings. The van der Waals surface area contributed by atoms with Crippen molar-refractivity contribution in [2.24, 2.45) is 0 Å². The van der Waals surface area contributed by atoms with E-state index in [0.717, 1.165) is 15.2 Å². The molecule has 3 rings (SSSR count). The second-order valence-electron chi connectivity index (χ2n) is 4.55. The van der Waals surface area contributed by atoms with Gasteiger partial charge in [0.05, 0.1) is 17.3 Å². The Hall–Kier alpha value is -2.51. The highest BCUT2D eigenvalue weighted by atomic mass is 79.9. The summed E-state index contributed by atoms with van der Waals surface area (Å²) in [5, 5.41) is 10.9. The van der Waals surface area contributed by atoms with Gasteiger partial charge in [-0.1, -0.05) is 40.2 Å². The van der Waals surface area contributed by atoms with Crippen LogP contribution >= 0.6 is 15.9 Å². The average molecular weight is 339 g/mol. The molecule has 0 aliphatic rings. The SMILES string of the molecule is N#Cc1ccc(Oc2ccc(Br)cc2N)c2ccccc12. The molecule has 0 fully saturated rings. The number of nitrogens with two attached hydrogens (primary N) is 1. The van der Waals surface area contributed by atoms with E-state index in [0.29, 0.717) is 22.7 Å². The number of hydrogen-bond donors (Lipinski definition) is 1. The number of rotatable bonds is 2. The molecule has 4 heteroatoms. The van der Waals surface area contributed by atoms with Gasteiger partial charge in [0.15, 0.2) is 0 Å². The summed E-state index contributed by atoms with van der Waals surface area (Å²) in [6.45, 7) is 0. The molecule has 0 aromatic heterocycles. The number of halogens is 1. The zero-order valence-electron chi connectivity index (χ0n) is 11.0. The molecule has 3 nitrogen and oxygen atoms in total. The van der Waals surface area contributed by atoms with Crippen molar-refractivity contribution in [1.29, 1.82) is 5.26 Å². The third-order valence-electron chi connectivity index (χ3n) is 3.20. The van der Waals surface area contributed by atoms with Gasteiger partial charge >= 0.3 is 0 Å². The molecule has 0 saturated heterocycles. The Morgan fingerprint density at radius 1 is 0.952 bits per heavy atom. The van der Waals surface area contributed by atoms with E-state index in [4.69, 9.17) is 10.5 Å². The summed E-state index contributed by atoms with van der Waals surface area (Å²) in [4.78, 5) is 0. The lowest BCUT2D eigenvalue weighted by Crippen LogP contribution is -1.93. The lowest BCUT2D eigenvalue weighted by Gasteiger charge is -2.12. The van der Waals surface area contributed by atoms with Crippen LogP contribution in [0.25, 0.3) is 10.8 Å². The van der Waals surface area contributed by atoms with Gasteiger partial charge in [-0.2, -0.15) is 5.26 Å². The molecule has 0 spiro atoms. The van der Waals surface area contributed by atoms with E-state index < -0.39 is 0 Å². The van der Waals surface area contributed by atoms with Crippen LogP contribution in [0.2, 0.25) is 0 Å². The summed E-state index contributed by atoms with van der Waals surface area (Å²) in [5.41, 5.74) is 7.14. The molecule has 21 heavy (non-hydrogen) atoms. The van der Waals surface area contributed by atoms with Crippen LogP contribution in [-0.4, -0.2) is 0 Å². The fourth-order valence-electron chi connectivity index (χ4n) is 2.19. The minimum absolute atomic E-state index is 0.554. The molecular formula is C17H11BrN2O. The number of nitrogens with zero attached hydrogens (tertiary/aromatic N) is 1. The molecule has 0 bridgehead atoms. The molecule has 0 aliphatic carbocycles. The first-order valence-electron chi connectivity index (χ1n) is 6.34. The number of benzene rings is 3. The first kappa shape index (κ1) is 13.5. The Labute approximate surface area is 130 Å². The average Bonchev–Trinajstić information content (AvgIpc) is 2.50. The van der Waals surface area contributed by atoms with E-state index in [1.54, 1.807) is 18.2 Å². The zero-order chi connectivity index (χ0) is 14.8. The van der Waals surface area contributed by atoms with Crippen LogP contribution in [0, 0.1) is 11.3 Å². The monoisotopic (exact) mass is 338 g/mol. The van der Waals surface area contributed by atoms with Crippen LogP contribution in [0.4, 0.5) is 5.69 Å². The highest BCUT2D eigenvalue weighted by Crippen LogP contribution is 2.35. The van der Waals surface area contributed by atoms with E-state index in [1.165, 1.54) is 0 Å². The maximum absolute atomic E-state index is 9.17. The number of nitrogen functional groups attached to an aromatic ring is 1. The van der Waals surface area contributed by atoms with E-state index in [-0.39, 0.29) is 0 Å². The maximum Gasteiger partial charge on any atom is 0.150 e. The molecule has 0 aliphatic heterocycles. The summed E-state index contributed by atoms with van der Waals surface area (Å²) in [7, 11) is 0. The maximum atomic E-state index is 9.17. The fourth-order valence-corrected chi connectivity index (χ4v) is 2.57. The van der Waals surface area contributed by atoms with Crippen molar-refractivity contribution < 1.29 is 4.74 Å². The molecule has 0 unspecified atom stereocenters. The van der Waals surface area contributed by atoms with Crippen molar-refractivity contribution in [3.05, 3.63) is 64.6 Å². The summed E-state index contributed by atoms with van der Waals surface area (Å²) in [5.74, 6) is 1.27. The Kier molecular flexibility index (Phi) is 3.51. The first-order valence-corrected chi connectivity index (χ1v) is 7.13. The molecule has 0 radical (unpaired) electrons. The van der Waals surface area contributed by atoms with Crippen molar-refractivity contribution in [3.63, 3.8) is 0 Å². The molecule has 2 N–H and O–H groups in total. The summed E-state index contributed by atoms with van der Waals surface area (Å²) in [6, 6.07) is 18.9. The van der Waals surface area contributed by atoms with E-state index in [1.807, 2.05) is 36.4 Å². The van der Waals surface area contributed by atoms with Crippen LogP contribution < -0.4 is 10.5 Å². The van der Waals surface area contributed by atoms with Gasteiger partial charge in [-0.15, -0.1) is 0 Å². The Morgan fingerprint density at radius 2 is 1.67 bits per heavy atom. The van der Waals surface area contributed by atoms with Crippen LogP contribution in [0.3, 0.4) is 0 Å². The minimum Gasteiger partial charge on any atom is -0.455 e. The second-order valence-corrected chi connectivity index (χ2v) is 5.47. The van der Waals surface area contributed by atoms with E-state index >= 15 is 0 Å². The van der Waals surface area contributed by atoms with E-state index in [9.17, 15) is 5.26 Å². The smallest absolute Gasteiger partial charge is 0.150 e. The molecule has 3 aromatic carbocycles. The van der Waals surface area contributed by atoms with E-state index in [2.05, 4.69) is 22.0 Å². The number of nitriles is 1. The third-order valence-corrected chi connectivity index (χ3v) is 3.69. The summed E-state index contributed by atoms with van der Waals surface area (Å²) in [6.07, 6.45) is 0. The number of hydrogen-bond acceptors (Lipinski definition) is 3. The van der Waals surface area contributed by atoms with Gasteiger partial charge in [-0.25, -0.2) is 0 Å². The summed E-state index contributed by atoms with van der Waals surface area (Å²) >= 11 is 3.37. The molecule has 102 valence electrons. The molecule has 0 amide bonds. The minimum atomic E-state index is 0.554. The van der Waals surface area contributed by atoms with Gasteiger partial charge in [-0.3, -0.25) is 0 Å². The predicted octanol–water partition coefficient (Wildman–Crippen LogP) is 4.85. The van der Waals surface area contributed by atoms with Crippen LogP contribution in [0.15, 0.2) is 59.1 Å². The molecular weight excluding hydrogens is 328 g/mol. The number of anilines is 1. The van der Waals surface area contributed by atoms with Crippen LogP contribution in [-0.2, 0) is 0 Å². The number of ether oxygens (including phenoxy) is 1. The van der Waals surface area contributed by atoms with Gasteiger partial charge in [0, 0.05) is 15.2 Å². The highest BCUT2D eigenvalue weighted by molar-refractivity contribution is 9.10. The Morgan fingerprint density at radius 3 is 2.38 bits per heavy atom. The highest BCUT2D eigenvalue weighted by Gasteiger charge is 2.09. The fraction of sp³-hybridized carbons (Fsp3) is 0. The van der Waals surface area contributed by atoms with Gasteiger partial charge < -0.3 is 10.5 Å². The third kappa shape index (κ3) is 2.56. The number of fused-ring (bicyclic) bond motifs is 1. The van der Waals surface area contributed by atoms with Gasteiger partial charge in [0.1, 0.15) is 11.5 Å². The standard InChI is InChI=1S/C17H11BrN2O/c18-12-6-8-17(15(20)9-12)21-16-7-5-11(10-19)13-3-1-2-4-14(13)16/h1-9H,20H2. The van der Waals surface area contributed by atoms with Crippen molar-refractivity contribution >= 4 is 32.4 Å². The van der Waals surface area contributed by atoms with Crippen molar-refractivity contribution in [2.45, 2.75) is 0 Å². The Bertz CT molecular complexity index is 868. The lowest BCUT2D eigenvalue weighted by atomic mass is 10.0. The van der Waals surface area contributed by atoms with Crippen molar-refractivity contribution in [3.8, 4) is 17.6 Å². The largest absolute Gasteiger partial charge is 0.455 e. The van der Waals surface area contributed by atoms with Crippen LogP contribution in [0.1, 0.15) is 5.56 Å². The molecule has 0 saturated carbocycles.